The minimum atomic E-state index is -0.371. The van der Waals surface area contributed by atoms with Gasteiger partial charge in [0.15, 0.2) is 0 Å². The Morgan fingerprint density at radius 3 is 1.91 bits per heavy atom. The Morgan fingerprint density at radius 2 is 1.34 bits per heavy atom. The molecule has 0 aromatic heterocycles. The SMILES string of the molecule is CCCOCCC(C)CC(C)(C)/C=C(\C#N)C(=O)N1C[C@@H](C(=O)NCCOCCOCCOCCOCCOCCNC(=O)c2ccc(-c3ccc4c(c3)[C@H](Nc3ccc(Cl)cc3)C[C@H](C)N4C(C)=O)cc2)[C@H](C(C)C)C1. The highest BCUT2D eigenvalue weighted by Crippen LogP contribution is 2.41. The van der Waals surface area contributed by atoms with Gasteiger partial charge in [0.2, 0.25) is 11.8 Å². The smallest absolute Gasteiger partial charge is 0.264 e. The maximum atomic E-state index is 13.6. The van der Waals surface area contributed by atoms with E-state index in [2.05, 4.69) is 76.6 Å². The number of benzene rings is 3. The lowest BCUT2D eigenvalue weighted by molar-refractivity contribution is -0.127. The molecular formula is C60H85ClN6O10. The van der Waals surface area contributed by atoms with Gasteiger partial charge in [-0.2, -0.15) is 5.26 Å². The van der Waals surface area contributed by atoms with Crippen molar-refractivity contribution in [1.82, 2.24) is 15.5 Å². The molecule has 1 fully saturated rings. The quantitative estimate of drug-likeness (QED) is 0.0298. The Hall–Kier alpha value is -5.38. The molecule has 0 spiro atoms. The molecule has 2 heterocycles. The second-order valence-electron chi connectivity index (χ2n) is 21.2. The third-order valence-corrected chi connectivity index (χ3v) is 14.2. The predicted octanol–water partition coefficient (Wildman–Crippen LogP) is 9.28. The summed E-state index contributed by atoms with van der Waals surface area (Å²) in [5, 5.41) is 20.2. The first kappa shape index (κ1) is 62.5. The zero-order valence-electron chi connectivity index (χ0n) is 46.8. The fourth-order valence-electron chi connectivity index (χ4n) is 10.2. The molecule has 2 aliphatic rings. The number of amides is 4. The molecule has 422 valence electrons. The van der Waals surface area contributed by atoms with Gasteiger partial charge in [-0.25, -0.2) is 0 Å². The third kappa shape index (κ3) is 20.4. The number of fused-ring (bicyclic) bond motifs is 1. The summed E-state index contributed by atoms with van der Waals surface area (Å²) in [6.07, 6.45) is 5.28. The van der Waals surface area contributed by atoms with Crippen LogP contribution in [-0.2, 0) is 42.8 Å². The molecule has 3 N–H and O–H groups in total. The first-order valence-electron chi connectivity index (χ1n) is 27.5. The van der Waals surface area contributed by atoms with Crippen molar-refractivity contribution in [3.63, 3.8) is 0 Å². The van der Waals surface area contributed by atoms with Crippen molar-refractivity contribution in [1.29, 1.82) is 5.26 Å². The van der Waals surface area contributed by atoms with E-state index in [4.69, 9.17) is 40.0 Å². The molecule has 0 aliphatic carbocycles. The highest BCUT2D eigenvalue weighted by molar-refractivity contribution is 6.30. The summed E-state index contributed by atoms with van der Waals surface area (Å²) < 4.78 is 33.8. The molecule has 5 rings (SSSR count). The number of nitrogens with zero attached hydrogens (tertiary/aromatic N) is 3. The summed E-state index contributed by atoms with van der Waals surface area (Å²) in [5.41, 5.74) is 5.14. The van der Waals surface area contributed by atoms with Crippen LogP contribution in [0.25, 0.3) is 11.1 Å². The molecule has 3 aromatic carbocycles. The van der Waals surface area contributed by atoms with Crippen molar-refractivity contribution >= 4 is 46.6 Å². The van der Waals surface area contributed by atoms with E-state index >= 15 is 0 Å². The summed E-state index contributed by atoms with van der Waals surface area (Å²) in [7, 11) is 0. The van der Waals surface area contributed by atoms with E-state index in [1.54, 1.807) is 17.9 Å². The Bertz CT molecular complexity index is 2390. The maximum Gasteiger partial charge on any atom is 0.264 e. The molecule has 3 aromatic rings. The van der Waals surface area contributed by atoms with E-state index in [9.17, 15) is 24.4 Å². The molecule has 2 aliphatic heterocycles. The number of anilines is 2. The normalized spacial score (nSPS) is 18.0. The number of likely N-dealkylation sites (tertiary alicyclic amines) is 1. The minimum Gasteiger partial charge on any atom is -0.381 e. The second-order valence-corrected chi connectivity index (χ2v) is 21.7. The van der Waals surface area contributed by atoms with Crippen LogP contribution in [0.3, 0.4) is 0 Å². The lowest BCUT2D eigenvalue weighted by atomic mass is 9.81. The summed E-state index contributed by atoms with van der Waals surface area (Å²) in [6.45, 7) is 22.8. The van der Waals surface area contributed by atoms with Gasteiger partial charge in [-0.15, -0.1) is 0 Å². The molecule has 5 atom stereocenters. The zero-order valence-corrected chi connectivity index (χ0v) is 47.6. The van der Waals surface area contributed by atoms with Crippen LogP contribution >= 0.6 is 11.6 Å². The molecule has 0 bridgehead atoms. The Labute approximate surface area is 462 Å². The number of allylic oxidation sites excluding steroid dienone is 1. The predicted molar refractivity (Wildman–Crippen MR) is 302 cm³/mol. The average molecular weight is 1090 g/mol. The van der Waals surface area contributed by atoms with Gasteiger partial charge in [0.25, 0.3) is 11.8 Å². The van der Waals surface area contributed by atoms with Crippen LogP contribution in [0.2, 0.25) is 5.02 Å². The number of carbonyl (C=O) groups excluding carboxylic acids is 4. The average Bonchev–Trinajstić information content (AvgIpc) is 3.87. The number of nitriles is 1. The van der Waals surface area contributed by atoms with E-state index in [1.807, 2.05) is 65.6 Å². The number of carbonyl (C=O) groups is 4. The van der Waals surface area contributed by atoms with E-state index in [0.29, 0.717) is 109 Å². The molecule has 0 saturated carbocycles. The van der Waals surface area contributed by atoms with Crippen LogP contribution in [0.4, 0.5) is 11.4 Å². The fraction of sp³-hybridized carbons (Fsp3) is 0.583. The maximum absolute atomic E-state index is 13.6. The van der Waals surface area contributed by atoms with Crippen LogP contribution in [0, 0.1) is 40.4 Å². The highest BCUT2D eigenvalue weighted by atomic mass is 35.5. The largest absolute Gasteiger partial charge is 0.381 e. The molecule has 1 saturated heterocycles. The summed E-state index contributed by atoms with van der Waals surface area (Å²) >= 11 is 6.13. The van der Waals surface area contributed by atoms with Crippen LogP contribution in [-0.4, -0.2) is 140 Å². The summed E-state index contributed by atoms with van der Waals surface area (Å²) in [6, 6.07) is 23.4. The Morgan fingerprint density at radius 1 is 0.766 bits per heavy atom. The number of hydrogen-bond acceptors (Lipinski definition) is 12. The number of ether oxygens (including phenoxy) is 6. The van der Waals surface area contributed by atoms with E-state index in [-0.39, 0.29) is 71.0 Å². The van der Waals surface area contributed by atoms with Crippen molar-refractivity contribution in [2.75, 3.05) is 116 Å². The molecule has 4 amide bonds. The van der Waals surface area contributed by atoms with E-state index < -0.39 is 0 Å². The molecular weight excluding hydrogens is 1000 g/mol. The zero-order chi connectivity index (χ0) is 55.7. The number of hydrogen-bond donors (Lipinski definition) is 3. The molecule has 16 nitrogen and oxygen atoms in total. The van der Waals surface area contributed by atoms with Gasteiger partial charge >= 0.3 is 0 Å². The lowest BCUT2D eigenvalue weighted by Crippen LogP contribution is -2.43. The van der Waals surface area contributed by atoms with Crippen molar-refractivity contribution < 1.29 is 47.6 Å². The number of nitrogens with one attached hydrogen (secondary N) is 3. The minimum absolute atomic E-state index is 0.00298. The van der Waals surface area contributed by atoms with Crippen molar-refractivity contribution in [3.05, 3.63) is 94.5 Å². The van der Waals surface area contributed by atoms with Gasteiger partial charge < -0.3 is 54.2 Å². The monoisotopic (exact) mass is 1080 g/mol. The van der Waals surface area contributed by atoms with Crippen LogP contribution < -0.4 is 20.9 Å². The van der Waals surface area contributed by atoms with Crippen LogP contribution in [0.5, 0.6) is 0 Å². The van der Waals surface area contributed by atoms with Gasteiger partial charge in [0.1, 0.15) is 11.6 Å². The summed E-state index contributed by atoms with van der Waals surface area (Å²) in [4.78, 5) is 56.1. The van der Waals surface area contributed by atoms with Gasteiger partial charge in [-0.3, -0.25) is 19.2 Å². The first-order valence-corrected chi connectivity index (χ1v) is 27.9. The second kappa shape index (κ2) is 32.5. The van der Waals surface area contributed by atoms with Crippen LogP contribution in [0.1, 0.15) is 103 Å². The molecule has 0 radical (unpaired) electrons. The van der Waals surface area contributed by atoms with Gasteiger partial charge in [0.05, 0.1) is 78.0 Å². The van der Waals surface area contributed by atoms with Gasteiger partial charge in [-0.05, 0) is 121 Å². The highest BCUT2D eigenvalue weighted by Gasteiger charge is 2.42. The molecule has 77 heavy (non-hydrogen) atoms. The van der Waals surface area contributed by atoms with Gasteiger partial charge in [-0.1, -0.05) is 77.4 Å². The fourth-order valence-corrected chi connectivity index (χ4v) is 10.3. The van der Waals surface area contributed by atoms with E-state index in [1.165, 1.54) is 0 Å². The number of halogens is 1. The summed E-state index contributed by atoms with van der Waals surface area (Å²) in [5.74, 6) is -0.456. The lowest BCUT2D eigenvalue weighted by Gasteiger charge is -2.39. The Balaban J connectivity index is 0.869. The molecule has 1 unspecified atom stereocenters. The van der Waals surface area contributed by atoms with Crippen LogP contribution in [0.15, 0.2) is 78.4 Å². The third-order valence-electron chi connectivity index (χ3n) is 14.0. The Kier molecular flexibility index (Phi) is 26.4. The van der Waals surface area contributed by atoms with E-state index in [0.717, 1.165) is 60.4 Å². The van der Waals surface area contributed by atoms with Crippen molar-refractivity contribution in [2.45, 2.75) is 93.2 Å². The van der Waals surface area contributed by atoms with Crippen molar-refractivity contribution in [3.8, 4) is 17.2 Å². The van der Waals surface area contributed by atoms with Crippen molar-refractivity contribution in [2.24, 2.45) is 29.1 Å². The topological polar surface area (TPSA) is 190 Å². The number of rotatable bonds is 33. The standard InChI is InChI=1S/C60H85ClN6O10/c1-9-23-72-24-20-43(4)37-60(7,8)38-49(39-62)59(71)66-40-53(42(2)3)54(41-66)58(70)64-22-26-74-28-30-76-32-34-77-33-31-75-29-27-73-25-21-63-57(69)47-12-10-46(11-13-47)48-14-19-56-52(36-48)55(35-44(5)67(56)45(6)68)65-51-17-15-50(61)16-18-51/h10-19,36,38,42-44,53-55,65H,9,20-35,37,40-41H2,1-8H3,(H,63,69)(H,64,70)/b49-38+/t43?,44-,53-,54+,55+/m0/s1. The van der Waals surface area contributed by atoms with Gasteiger partial charge in [0, 0.05) is 74.3 Å². The first-order chi connectivity index (χ1) is 37.0. The molecule has 17 heteroatoms.